The van der Waals surface area contributed by atoms with Gasteiger partial charge in [0.25, 0.3) is 5.89 Å². The molecule has 3 rings (SSSR count). The highest BCUT2D eigenvalue weighted by molar-refractivity contribution is 5.50. The highest BCUT2D eigenvalue weighted by atomic mass is 19.1. The van der Waals surface area contributed by atoms with Gasteiger partial charge in [-0.3, -0.25) is 4.98 Å². The minimum Gasteiger partial charge on any atom is -0.487 e. The van der Waals surface area contributed by atoms with Gasteiger partial charge in [0.2, 0.25) is 5.89 Å². The molecule has 0 N–H and O–H groups in total. The summed E-state index contributed by atoms with van der Waals surface area (Å²) in [6.07, 6.45) is 0.546. The van der Waals surface area contributed by atoms with Crippen LogP contribution < -0.4 is 4.74 Å². The molecule has 25 heavy (non-hydrogen) atoms. The third-order valence-corrected chi connectivity index (χ3v) is 3.47. The van der Waals surface area contributed by atoms with Crippen LogP contribution in [0.15, 0.2) is 47.0 Å². The van der Waals surface area contributed by atoms with Crippen molar-refractivity contribution < 1.29 is 13.5 Å². The number of hydrogen-bond acceptors (Lipinski definition) is 6. The van der Waals surface area contributed by atoms with Crippen molar-refractivity contribution in [1.82, 2.24) is 15.2 Å². The Kier molecular flexibility index (Phi) is 5.00. The predicted molar refractivity (Wildman–Crippen MR) is 87.1 cm³/mol. The minimum absolute atomic E-state index is 0.0588. The number of nitrogens with zero attached hydrogens (tertiary/aromatic N) is 4. The smallest absolute Gasteiger partial charge is 0.250 e. The first kappa shape index (κ1) is 16.6. The number of alkyl halides is 1. The molecule has 126 valence electrons. The second-order valence-corrected chi connectivity index (χ2v) is 5.33. The van der Waals surface area contributed by atoms with Crippen molar-refractivity contribution in [3.8, 4) is 23.3 Å². The number of halogens is 1. The molecule has 6 nitrogen and oxygen atoms in total. The Morgan fingerprint density at radius 3 is 2.76 bits per heavy atom. The number of hydrogen-bond donors (Lipinski definition) is 0. The molecule has 0 radical (unpaired) electrons. The largest absolute Gasteiger partial charge is 0.487 e. The van der Waals surface area contributed by atoms with Crippen molar-refractivity contribution in [2.24, 2.45) is 0 Å². The van der Waals surface area contributed by atoms with E-state index in [4.69, 9.17) is 14.4 Å². The highest BCUT2D eigenvalue weighted by Crippen LogP contribution is 2.22. The molecule has 0 saturated carbocycles. The van der Waals surface area contributed by atoms with Crippen molar-refractivity contribution >= 4 is 0 Å². The Morgan fingerprint density at radius 2 is 2.08 bits per heavy atom. The molecule has 3 aromatic rings. The van der Waals surface area contributed by atoms with Gasteiger partial charge >= 0.3 is 0 Å². The van der Waals surface area contributed by atoms with Gasteiger partial charge in [-0.1, -0.05) is 18.2 Å². The monoisotopic (exact) mass is 338 g/mol. The third kappa shape index (κ3) is 3.98. The topological polar surface area (TPSA) is 84.8 Å². The zero-order valence-electron chi connectivity index (χ0n) is 13.5. The van der Waals surface area contributed by atoms with E-state index >= 15 is 0 Å². The van der Waals surface area contributed by atoms with Crippen LogP contribution in [-0.2, 0) is 13.0 Å². The predicted octanol–water partition coefficient (Wildman–Crippen LogP) is 3.81. The summed E-state index contributed by atoms with van der Waals surface area (Å²) in [5.41, 5.74) is 2.14. The van der Waals surface area contributed by atoms with E-state index in [2.05, 4.69) is 21.3 Å². The first-order chi connectivity index (χ1) is 12.2. The fraction of sp³-hybridized carbons (Fsp3) is 0.222. The standard InChI is InChI=1S/C18H15FN4O2/c1-12(19)17-22-23-18(25-17)14-6-7-15(21-10-14)11-24-16-5-3-2-4-13(16)8-9-20/h2-7,10,12H,8,11H2,1H3. The van der Waals surface area contributed by atoms with E-state index in [1.807, 2.05) is 24.3 Å². The molecule has 0 bridgehead atoms. The summed E-state index contributed by atoms with van der Waals surface area (Å²) in [5.74, 6) is 0.823. The van der Waals surface area contributed by atoms with E-state index in [1.54, 1.807) is 18.3 Å². The van der Waals surface area contributed by atoms with Crippen LogP contribution in [0.3, 0.4) is 0 Å². The van der Waals surface area contributed by atoms with Gasteiger partial charge in [-0.15, -0.1) is 10.2 Å². The highest BCUT2D eigenvalue weighted by Gasteiger charge is 2.14. The van der Waals surface area contributed by atoms with Crippen molar-refractivity contribution in [3.05, 3.63) is 59.7 Å². The second-order valence-electron chi connectivity index (χ2n) is 5.33. The summed E-state index contributed by atoms with van der Waals surface area (Å²) in [6, 6.07) is 13.0. The molecule has 2 aromatic heterocycles. The normalized spacial score (nSPS) is 11.7. The van der Waals surface area contributed by atoms with Crippen molar-refractivity contribution in [3.63, 3.8) is 0 Å². The third-order valence-electron chi connectivity index (χ3n) is 3.47. The van der Waals surface area contributed by atoms with Crippen LogP contribution in [0, 0.1) is 11.3 Å². The van der Waals surface area contributed by atoms with E-state index in [0.29, 0.717) is 17.0 Å². The number of nitriles is 1. The van der Waals surface area contributed by atoms with E-state index in [9.17, 15) is 4.39 Å². The summed E-state index contributed by atoms with van der Waals surface area (Å²) in [6.45, 7) is 1.60. The molecule has 2 heterocycles. The SMILES string of the molecule is CC(F)c1nnc(-c2ccc(COc3ccccc3CC#N)nc2)o1. The Balaban J connectivity index is 1.68. The van der Waals surface area contributed by atoms with Gasteiger partial charge < -0.3 is 9.15 Å². The van der Waals surface area contributed by atoms with E-state index in [-0.39, 0.29) is 24.8 Å². The molecule has 0 spiro atoms. The fourth-order valence-electron chi connectivity index (χ4n) is 2.18. The van der Waals surface area contributed by atoms with E-state index in [0.717, 1.165) is 5.56 Å². The first-order valence-electron chi connectivity index (χ1n) is 7.68. The number of pyridine rings is 1. The molecular formula is C18H15FN4O2. The lowest BCUT2D eigenvalue weighted by Crippen LogP contribution is -2.00. The lowest BCUT2D eigenvalue weighted by Gasteiger charge is -2.09. The quantitative estimate of drug-likeness (QED) is 0.679. The van der Waals surface area contributed by atoms with Crippen LogP contribution in [-0.4, -0.2) is 15.2 Å². The molecule has 0 aliphatic rings. The number of benzene rings is 1. The molecule has 1 atom stereocenters. The molecule has 0 aliphatic heterocycles. The molecule has 0 aliphatic carbocycles. The van der Waals surface area contributed by atoms with Gasteiger partial charge in [-0.25, -0.2) is 4.39 Å². The molecule has 0 saturated heterocycles. The van der Waals surface area contributed by atoms with Crippen LogP contribution in [0.2, 0.25) is 0 Å². The van der Waals surface area contributed by atoms with E-state index < -0.39 is 6.17 Å². The van der Waals surface area contributed by atoms with Gasteiger partial charge in [-0.05, 0) is 25.1 Å². The minimum atomic E-state index is -1.31. The lowest BCUT2D eigenvalue weighted by molar-refractivity contribution is 0.298. The molecule has 7 heteroatoms. The van der Waals surface area contributed by atoms with Gasteiger partial charge in [0.15, 0.2) is 6.17 Å². The summed E-state index contributed by atoms with van der Waals surface area (Å²) < 4.78 is 24.1. The summed E-state index contributed by atoms with van der Waals surface area (Å²) >= 11 is 0. The second kappa shape index (κ2) is 7.53. The van der Waals surface area contributed by atoms with Gasteiger partial charge in [-0.2, -0.15) is 5.26 Å². The first-order valence-corrected chi connectivity index (χ1v) is 7.68. The summed E-state index contributed by atoms with van der Waals surface area (Å²) in [7, 11) is 0. The maximum atomic E-state index is 13.1. The fourth-order valence-corrected chi connectivity index (χ4v) is 2.18. The number of para-hydroxylation sites is 1. The van der Waals surface area contributed by atoms with Crippen LogP contribution in [0.25, 0.3) is 11.5 Å². The molecule has 0 fully saturated rings. The summed E-state index contributed by atoms with van der Waals surface area (Å²) in [5, 5.41) is 16.3. The van der Waals surface area contributed by atoms with Gasteiger partial charge in [0.05, 0.1) is 23.7 Å². The molecule has 1 unspecified atom stereocenters. The Morgan fingerprint density at radius 1 is 1.24 bits per heavy atom. The summed E-state index contributed by atoms with van der Waals surface area (Å²) in [4.78, 5) is 4.29. The van der Waals surface area contributed by atoms with Crippen LogP contribution in [0.4, 0.5) is 4.39 Å². The van der Waals surface area contributed by atoms with Crippen molar-refractivity contribution in [2.75, 3.05) is 0 Å². The molecular weight excluding hydrogens is 323 g/mol. The Hall–Kier alpha value is -3.27. The average Bonchev–Trinajstić information content (AvgIpc) is 3.12. The molecule has 0 amide bonds. The number of ether oxygens (including phenoxy) is 1. The lowest BCUT2D eigenvalue weighted by atomic mass is 10.1. The number of aromatic nitrogens is 3. The Bertz CT molecular complexity index is 885. The van der Waals surface area contributed by atoms with Crippen LogP contribution >= 0.6 is 0 Å². The van der Waals surface area contributed by atoms with Crippen LogP contribution in [0.1, 0.15) is 30.2 Å². The van der Waals surface area contributed by atoms with Crippen molar-refractivity contribution in [1.29, 1.82) is 5.26 Å². The van der Waals surface area contributed by atoms with Crippen molar-refractivity contribution in [2.45, 2.75) is 26.1 Å². The van der Waals surface area contributed by atoms with Crippen LogP contribution in [0.5, 0.6) is 5.75 Å². The zero-order valence-corrected chi connectivity index (χ0v) is 13.5. The average molecular weight is 338 g/mol. The van der Waals surface area contributed by atoms with Gasteiger partial charge in [0.1, 0.15) is 12.4 Å². The Labute approximate surface area is 143 Å². The van der Waals surface area contributed by atoms with E-state index in [1.165, 1.54) is 6.92 Å². The number of rotatable bonds is 6. The molecule has 1 aromatic carbocycles. The van der Waals surface area contributed by atoms with Gasteiger partial charge in [0, 0.05) is 11.8 Å². The maximum Gasteiger partial charge on any atom is 0.250 e. The zero-order chi connectivity index (χ0) is 17.6. The maximum absolute atomic E-state index is 13.1.